The Morgan fingerprint density at radius 1 is 1.23 bits per heavy atom. The molecular formula is C26H34N8O. The van der Waals surface area contributed by atoms with Gasteiger partial charge >= 0.3 is 0 Å². The van der Waals surface area contributed by atoms with E-state index in [1.807, 2.05) is 30.6 Å². The van der Waals surface area contributed by atoms with Gasteiger partial charge in [-0.1, -0.05) is 13.8 Å². The minimum Gasteiger partial charge on any atom is -0.388 e. The van der Waals surface area contributed by atoms with Crippen LogP contribution in [0.4, 0.5) is 11.8 Å². The number of fused-ring (bicyclic) bond motifs is 2. The van der Waals surface area contributed by atoms with Gasteiger partial charge in [0.1, 0.15) is 11.8 Å². The molecule has 0 amide bonds. The van der Waals surface area contributed by atoms with E-state index in [1.54, 1.807) is 6.33 Å². The van der Waals surface area contributed by atoms with Crippen molar-refractivity contribution in [3.8, 4) is 11.3 Å². The highest BCUT2D eigenvalue weighted by Crippen LogP contribution is 2.30. The Kier molecular flexibility index (Phi) is 6.53. The minimum atomic E-state index is -0.799. The van der Waals surface area contributed by atoms with Crippen LogP contribution in [0, 0.1) is 0 Å². The lowest BCUT2D eigenvalue weighted by molar-refractivity contribution is 0.0697. The van der Waals surface area contributed by atoms with E-state index in [1.165, 1.54) is 12.0 Å². The smallest absolute Gasteiger partial charge is 0.223 e. The second kappa shape index (κ2) is 9.75. The number of nitrogens with one attached hydrogen (secondary N) is 3. The highest BCUT2D eigenvalue weighted by molar-refractivity contribution is 5.88. The van der Waals surface area contributed by atoms with Gasteiger partial charge in [-0.2, -0.15) is 5.10 Å². The first kappa shape index (κ1) is 23.4. The number of hydrogen-bond acceptors (Lipinski definition) is 8. The molecule has 9 nitrogen and oxygen atoms in total. The second-order valence-electron chi connectivity index (χ2n) is 9.64. The van der Waals surface area contributed by atoms with Crippen LogP contribution in [0.15, 0.2) is 36.8 Å². The second-order valence-corrected chi connectivity index (χ2v) is 9.64. The summed E-state index contributed by atoms with van der Waals surface area (Å²) in [5.74, 6) is 1.39. The largest absolute Gasteiger partial charge is 0.388 e. The number of aryl methyl sites for hydroxylation is 1. The number of rotatable bonds is 8. The summed E-state index contributed by atoms with van der Waals surface area (Å²) in [5.41, 5.74) is 4.25. The predicted molar refractivity (Wildman–Crippen MR) is 140 cm³/mol. The first-order valence-corrected chi connectivity index (χ1v) is 12.5. The van der Waals surface area contributed by atoms with Gasteiger partial charge in [0.2, 0.25) is 5.95 Å². The molecule has 4 aromatic rings. The zero-order chi connectivity index (χ0) is 24.4. The van der Waals surface area contributed by atoms with Crippen molar-refractivity contribution < 1.29 is 5.11 Å². The lowest BCUT2D eigenvalue weighted by atomic mass is 10.0. The molecule has 35 heavy (non-hydrogen) atoms. The number of hydrogen-bond donors (Lipinski definition) is 4. The van der Waals surface area contributed by atoms with Crippen molar-refractivity contribution >= 4 is 28.2 Å². The Hall–Kier alpha value is -3.30. The maximum atomic E-state index is 10.4. The highest BCUT2D eigenvalue weighted by atomic mass is 16.3. The molecule has 4 N–H and O–H groups in total. The summed E-state index contributed by atoms with van der Waals surface area (Å²) in [5, 5.41) is 26.1. The molecule has 0 spiro atoms. The third-order valence-electron chi connectivity index (χ3n) is 6.92. The molecule has 0 unspecified atom stereocenters. The summed E-state index contributed by atoms with van der Waals surface area (Å²) in [6.07, 6.45) is 7.27. The van der Waals surface area contributed by atoms with Crippen LogP contribution in [0.25, 0.3) is 27.7 Å². The van der Waals surface area contributed by atoms with Gasteiger partial charge < -0.3 is 21.1 Å². The minimum absolute atomic E-state index is 0.362. The molecule has 1 aliphatic rings. The van der Waals surface area contributed by atoms with Crippen LogP contribution in [0.1, 0.15) is 45.6 Å². The summed E-state index contributed by atoms with van der Waals surface area (Å²) in [4.78, 5) is 13.9. The molecule has 0 radical (unpaired) electrons. The van der Waals surface area contributed by atoms with E-state index in [4.69, 9.17) is 4.98 Å². The molecule has 1 aromatic carbocycles. The monoisotopic (exact) mass is 474 g/mol. The fourth-order valence-corrected chi connectivity index (χ4v) is 4.55. The Morgan fingerprint density at radius 2 is 2.11 bits per heavy atom. The molecular weight excluding hydrogens is 440 g/mol. The number of piperidine rings is 1. The fraction of sp³-hybridized carbons (Fsp3) is 0.462. The van der Waals surface area contributed by atoms with Crippen LogP contribution in [0.3, 0.4) is 0 Å². The zero-order valence-electron chi connectivity index (χ0n) is 20.7. The SMILES string of the molecule is CCc1cc(-c2ccc3c(NC[C@@](C)(O)CC)ncnn23)cc2cnc(N[C@H]3CCCNC3)nc12. The first-order valence-electron chi connectivity index (χ1n) is 12.5. The molecule has 3 aromatic heterocycles. The Bertz CT molecular complexity index is 1330. The van der Waals surface area contributed by atoms with Crippen molar-refractivity contribution in [3.05, 3.63) is 42.4 Å². The first-order chi connectivity index (χ1) is 17.0. The molecule has 9 heteroatoms. The predicted octanol–water partition coefficient (Wildman–Crippen LogP) is 3.64. The van der Waals surface area contributed by atoms with Gasteiger partial charge in [-0.15, -0.1) is 0 Å². The zero-order valence-corrected chi connectivity index (χ0v) is 20.7. The van der Waals surface area contributed by atoms with Gasteiger partial charge in [-0.25, -0.2) is 19.5 Å². The third-order valence-corrected chi connectivity index (χ3v) is 6.92. The quantitative estimate of drug-likeness (QED) is 0.306. The molecule has 1 saturated heterocycles. The topological polar surface area (TPSA) is 112 Å². The molecule has 1 fully saturated rings. The molecule has 5 rings (SSSR count). The normalized spacial score (nSPS) is 18.0. The molecule has 1 aliphatic heterocycles. The highest BCUT2D eigenvalue weighted by Gasteiger charge is 2.19. The van der Waals surface area contributed by atoms with E-state index < -0.39 is 5.60 Å². The number of nitrogens with zero attached hydrogens (tertiary/aromatic N) is 5. The maximum Gasteiger partial charge on any atom is 0.223 e. The van der Waals surface area contributed by atoms with Gasteiger partial charge in [0.15, 0.2) is 5.82 Å². The summed E-state index contributed by atoms with van der Waals surface area (Å²) >= 11 is 0. The Labute approximate surface area is 205 Å². The van der Waals surface area contributed by atoms with Crippen molar-refractivity contribution in [2.75, 3.05) is 30.3 Å². The van der Waals surface area contributed by atoms with Crippen LogP contribution in [-0.4, -0.2) is 60.9 Å². The van der Waals surface area contributed by atoms with Crippen molar-refractivity contribution in [3.63, 3.8) is 0 Å². The molecule has 184 valence electrons. The Balaban J connectivity index is 1.48. The van der Waals surface area contributed by atoms with Gasteiger partial charge in [0.05, 0.1) is 16.8 Å². The summed E-state index contributed by atoms with van der Waals surface area (Å²) in [6, 6.07) is 8.75. The molecule has 0 saturated carbocycles. The van der Waals surface area contributed by atoms with E-state index in [0.717, 1.165) is 53.6 Å². The number of benzene rings is 1. The summed E-state index contributed by atoms with van der Waals surface area (Å²) < 4.78 is 1.89. The van der Waals surface area contributed by atoms with Crippen molar-refractivity contribution in [1.82, 2.24) is 29.9 Å². The van der Waals surface area contributed by atoms with E-state index in [2.05, 4.69) is 56.1 Å². The maximum absolute atomic E-state index is 10.4. The van der Waals surface area contributed by atoms with Crippen molar-refractivity contribution in [2.24, 2.45) is 0 Å². The molecule has 2 atom stereocenters. The van der Waals surface area contributed by atoms with E-state index in [-0.39, 0.29) is 0 Å². The van der Waals surface area contributed by atoms with Crippen LogP contribution >= 0.6 is 0 Å². The van der Waals surface area contributed by atoms with E-state index >= 15 is 0 Å². The average molecular weight is 475 g/mol. The van der Waals surface area contributed by atoms with Crippen LogP contribution in [0.5, 0.6) is 0 Å². The van der Waals surface area contributed by atoms with Gasteiger partial charge in [0.25, 0.3) is 0 Å². The summed E-state index contributed by atoms with van der Waals surface area (Å²) in [6.45, 7) is 8.37. The van der Waals surface area contributed by atoms with Crippen molar-refractivity contribution in [2.45, 2.75) is 58.1 Å². The summed E-state index contributed by atoms with van der Waals surface area (Å²) in [7, 11) is 0. The number of aliphatic hydroxyl groups is 1. The van der Waals surface area contributed by atoms with E-state index in [9.17, 15) is 5.11 Å². The number of aromatic nitrogens is 5. The molecule has 0 aliphatic carbocycles. The van der Waals surface area contributed by atoms with Crippen molar-refractivity contribution in [1.29, 1.82) is 0 Å². The average Bonchev–Trinajstić information content (AvgIpc) is 3.32. The van der Waals surface area contributed by atoms with Crippen LogP contribution in [0.2, 0.25) is 0 Å². The Morgan fingerprint density at radius 3 is 2.89 bits per heavy atom. The lowest BCUT2D eigenvalue weighted by Gasteiger charge is -2.23. The van der Waals surface area contributed by atoms with Gasteiger partial charge in [-0.3, -0.25) is 0 Å². The standard InChI is InChI=1S/C26H34N8O/c1-4-17-11-18(12-19-13-28-25(33-23(17)19)32-20-7-6-10-27-14-20)21-8-9-22-24(30-16-31-34(21)22)29-15-26(3,35)5-2/h8-9,11-13,16,20,27,35H,4-7,10,14-15H2,1-3H3,(H,28,32,33)(H,29,30,31)/t20-,26-/m0/s1. The van der Waals surface area contributed by atoms with E-state index in [0.29, 0.717) is 30.8 Å². The van der Waals surface area contributed by atoms with Crippen LogP contribution < -0.4 is 16.0 Å². The van der Waals surface area contributed by atoms with Crippen LogP contribution in [-0.2, 0) is 6.42 Å². The fourth-order valence-electron chi connectivity index (χ4n) is 4.55. The molecule has 4 heterocycles. The lowest BCUT2D eigenvalue weighted by Crippen LogP contribution is -2.38. The number of anilines is 2. The molecule has 0 bridgehead atoms. The third kappa shape index (κ3) is 4.92. The van der Waals surface area contributed by atoms with Gasteiger partial charge in [0, 0.05) is 36.3 Å². The van der Waals surface area contributed by atoms with Gasteiger partial charge in [-0.05, 0) is 69.0 Å².